The van der Waals surface area contributed by atoms with E-state index in [1.54, 1.807) is 6.07 Å². The highest BCUT2D eigenvalue weighted by atomic mass is 19.2. The Balaban J connectivity index is 1.33. The molecule has 3 aliphatic rings. The van der Waals surface area contributed by atoms with Crippen LogP contribution in [0.3, 0.4) is 0 Å². The van der Waals surface area contributed by atoms with Crippen molar-refractivity contribution in [2.75, 3.05) is 19.8 Å². The van der Waals surface area contributed by atoms with Gasteiger partial charge in [-0.1, -0.05) is 38.8 Å². The highest BCUT2D eigenvalue weighted by Crippen LogP contribution is 2.40. The Morgan fingerprint density at radius 3 is 1.90 bits per heavy atom. The van der Waals surface area contributed by atoms with Crippen molar-refractivity contribution in [1.82, 2.24) is 0 Å². The van der Waals surface area contributed by atoms with Gasteiger partial charge in [0.2, 0.25) is 0 Å². The maximum Gasteiger partial charge on any atom is 0.183 e. The zero-order valence-electron chi connectivity index (χ0n) is 19.1. The van der Waals surface area contributed by atoms with Crippen LogP contribution in [0, 0.1) is 23.5 Å². The SMILES string of the molecule is CCCC1COC(C2CCC(c3ccc(C4CCC(CC)CC4)c(F)c3F)CO2)OC1. The molecule has 31 heavy (non-hydrogen) atoms. The maximum absolute atomic E-state index is 15.0. The fourth-order valence-corrected chi connectivity index (χ4v) is 5.67. The number of ether oxygens (including phenoxy) is 3. The van der Waals surface area contributed by atoms with Crippen LogP contribution in [0.2, 0.25) is 0 Å². The van der Waals surface area contributed by atoms with Gasteiger partial charge in [0, 0.05) is 11.8 Å². The average molecular weight is 437 g/mol. The minimum absolute atomic E-state index is 0.118. The number of hydrogen-bond donors (Lipinski definition) is 0. The largest absolute Gasteiger partial charge is 0.372 e. The van der Waals surface area contributed by atoms with E-state index in [9.17, 15) is 4.39 Å². The molecule has 1 aromatic carbocycles. The normalized spacial score (nSPS) is 34.6. The number of hydrogen-bond acceptors (Lipinski definition) is 3. The van der Waals surface area contributed by atoms with Gasteiger partial charge in [0.1, 0.15) is 6.10 Å². The number of rotatable bonds is 6. The smallest absolute Gasteiger partial charge is 0.183 e. The van der Waals surface area contributed by atoms with Crippen LogP contribution in [0.25, 0.3) is 0 Å². The summed E-state index contributed by atoms with van der Waals surface area (Å²) in [7, 11) is 0. The molecule has 174 valence electrons. The first-order valence-electron chi connectivity index (χ1n) is 12.4. The average Bonchev–Trinajstić information content (AvgIpc) is 2.82. The van der Waals surface area contributed by atoms with Gasteiger partial charge in [0.05, 0.1) is 19.8 Å². The van der Waals surface area contributed by atoms with Crippen molar-refractivity contribution >= 4 is 0 Å². The molecule has 2 unspecified atom stereocenters. The summed E-state index contributed by atoms with van der Waals surface area (Å²) in [6.07, 6.45) is 8.61. The van der Waals surface area contributed by atoms with Crippen LogP contribution < -0.4 is 0 Å². The van der Waals surface area contributed by atoms with Gasteiger partial charge in [-0.05, 0) is 67.9 Å². The second kappa shape index (κ2) is 10.7. The molecule has 0 aromatic heterocycles. The van der Waals surface area contributed by atoms with E-state index in [1.165, 1.54) is 6.42 Å². The summed E-state index contributed by atoms with van der Waals surface area (Å²) in [5, 5.41) is 0. The van der Waals surface area contributed by atoms with Gasteiger partial charge in [-0.15, -0.1) is 0 Å². The first-order chi connectivity index (χ1) is 15.1. The van der Waals surface area contributed by atoms with Crippen molar-refractivity contribution in [1.29, 1.82) is 0 Å². The molecule has 2 aliphatic heterocycles. The molecule has 0 N–H and O–H groups in total. The van der Waals surface area contributed by atoms with Crippen LogP contribution in [0.15, 0.2) is 12.1 Å². The molecule has 2 atom stereocenters. The van der Waals surface area contributed by atoms with Crippen LogP contribution in [-0.2, 0) is 14.2 Å². The van der Waals surface area contributed by atoms with E-state index in [1.807, 2.05) is 6.07 Å². The fraction of sp³-hybridized carbons (Fsp3) is 0.769. The lowest BCUT2D eigenvalue weighted by molar-refractivity contribution is -0.256. The lowest BCUT2D eigenvalue weighted by Crippen LogP contribution is -2.43. The summed E-state index contributed by atoms with van der Waals surface area (Å²) in [4.78, 5) is 0. The van der Waals surface area contributed by atoms with Gasteiger partial charge in [-0.3, -0.25) is 0 Å². The summed E-state index contributed by atoms with van der Waals surface area (Å²) < 4.78 is 47.8. The highest BCUT2D eigenvalue weighted by Gasteiger charge is 2.35. The highest BCUT2D eigenvalue weighted by molar-refractivity contribution is 5.32. The standard InChI is InChI=1S/C26H38F2O3/c1-3-5-18-14-30-26(31-15-18)23-13-10-20(16-29-23)22-12-11-21(24(27)25(22)28)19-8-6-17(4-2)7-9-19/h11-12,17-20,23,26H,3-10,13-16H2,1-2H3. The summed E-state index contributed by atoms with van der Waals surface area (Å²) in [5.74, 6) is -0.0756. The van der Waals surface area contributed by atoms with Crippen molar-refractivity contribution in [3.05, 3.63) is 34.9 Å². The Bertz CT molecular complexity index is 701. The second-order valence-electron chi connectivity index (χ2n) is 9.83. The zero-order valence-corrected chi connectivity index (χ0v) is 19.1. The Hall–Kier alpha value is -1.04. The molecule has 1 aliphatic carbocycles. The van der Waals surface area contributed by atoms with E-state index in [-0.39, 0.29) is 24.2 Å². The van der Waals surface area contributed by atoms with E-state index in [0.29, 0.717) is 36.9 Å². The van der Waals surface area contributed by atoms with Crippen molar-refractivity contribution in [2.45, 2.75) is 95.9 Å². The minimum atomic E-state index is -0.672. The van der Waals surface area contributed by atoms with Crippen LogP contribution in [0.5, 0.6) is 0 Å². The van der Waals surface area contributed by atoms with Crippen LogP contribution in [0.4, 0.5) is 8.78 Å². The Morgan fingerprint density at radius 2 is 1.35 bits per heavy atom. The third-order valence-electron chi connectivity index (χ3n) is 7.75. The van der Waals surface area contributed by atoms with E-state index in [0.717, 1.165) is 57.3 Å². The van der Waals surface area contributed by atoms with Gasteiger partial charge >= 0.3 is 0 Å². The minimum Gasteiger partial charge on any atom is -0.372 e. The molecule has 0 amide bonds. The maximum atomic E-state index is 15.0. The van der Waals surface area contributed by atoms with E-state index < -0.39 is 11.6 Å². The molecule has 2 heterocycles. The Labute approximate surface area is 185 Å². The van der Waals surface area contributed by atoms with Crippen molar-refractivity contribution in [2.24, 2.45) is 11.8 Å². The van der Waals surface area contributed by atoms with Gasteiger partial charge in [0.15, 0.2) is 17.9 Å². The van der Waals surface area contributed by atoms with Crippen molar-refractivity contribution < 1.29 is 23.0 Å². The topological polar surface area (TPSA) is 27.7 Å². The molecule has 0 spiro atoms. The second-order valence-corrected chi connectivity index (χ2v) is 9.83. The van der Waals surface area contributed by atoms with Crippen LogP contribution in [-0.4, -0.2) is 32.2 Å². The quantitative estimate of drug-likeness (QED) is 0.497. The van der Waals surface area contributed by atoms with Gasteiger partial charge in [-0.25, -0.2) is 8.78 Å². The molecule has 0 radical (unpaired) electrons. The molecule has 3 nitrogen and oxygen atoms in total. The van der Waals surface area contributed by atoms with Crippen LogP contribution in [0.1, 0.15) is 94.6 Å². The summed E-state index contributed by atoms with van der Waals surface area (Å²) in [5.41, 5.74) is 1.02. The third-order valence-corrected chi connectivity index (χ3v) is 7.75. The first-order valence-corrected chi connectivity index (χ1v) is 12.4. The number of benzene rings is 1. The van der Waals surface area contributed by atoms with E-state index >= 15 is 4.39 Å². The molecule has 1 saturated carbocycles. The first kappa shape index (κ1) is 23.1. The third kappa shape index (κ3) is 5.31. The van der Waals surface area contributed by atoms with Gasteiger partial charge < -0.3 is 14.2 Å². The lowest BCUT2D eigenvalue weighted by atomic mass is 9.77. The molecule has 1 aromatic rings. The van der Waals surface area contributed by atoms with E-state index in [2.05, 4.69) is 13.8 Å². The lowest BCUT2D eigenvalue weighted by Gasteiger charge is -2.37. The molecular formula is C26H38F2O3. The predicted molar refractivity (Wildman–Crippen MR) is 117 cm³/mol. The molecule has 5 heteroatoms. The molecule has 0 bridgehead atoms. The fourth-order valence-electron chi connectivity index (χ4n) is 5.67. The molecule has 2 saturated heterocycles. The van der Waals surface area contributed by atoms with Crippen molar-refractivity contribution in [3.8, 4) is 0 Å². The monoisotopic (exact) mass is 436 g/mol. The summed E-state index contributed by atoms with van der Waals surface area (Å²) in [6, 6.07) is 3.63. The molecular weight excluding hydrogens is 398 g/mol. The predicted octanol–water partition coefficient (Wildman–Crippen LogP) is 6.70. The van der Waals surface area contributed by atoms with Crippen molar-refractivity contribution in [3.63, 3.8) is 0 Å². The van der Waals surface area contributed by atoms with Gasteiger partial charge in [-0.2, -0.15) is 0 Å². The van der Waals surface area contributed by atoms with Gasteiger partial charge in [0.25, 0.3) is 0 Å². The number of halogens is 2. The van der Waals surface area contributed by atoms with E-state index in [4.69, 9.17) is 14.2 Å². The summed E-state index contributed by atoms with van der Waals surface area (Å²) >= 11 is 0. The molecule has 4 rings (SSSR count). The Morgan fingerprint density at radius 1 is 0.742 bits per heavy atom. The summed E-state index contributed by atoms with van der Waals surface area (Å²) in [6.45, 7) is 6.19. The Kier molecular flexibility index (Phi) is 8.00. The molecule has 3 fully saturated rings. The zero-order chi connectivity index (χ0) is 21.8. The van der Waals surface area contributed by atoms with Crippen LogP contribution >= 0.6 is 0 Å².